The Kier molecular flexibility index (Phi) is 4.47. The molecule has 4 heteroatoms. The van der Waals surface area contributed by atoms with Gasteiger partial charge in [0.1, 0.15) is 0 Å². The van der Waals surface area contributed by atoms with Crippen molar-refractivity contribution in [3.8, 4) is 5.69 Å². The number of aliphatic imine (C=N–C) groups is 1. The minimum Gasteiger partial charge on any atom is -0.283 e. The monoisotopic (exact) mass is 319 g/mol. The molecule has 0 unspecified atom stereocenters. The molecule has 122 valence electrons. The number of benzene rings is 2. The molecule has 0 amide bonds. The average Bonchev–Trinajstić information content (AvgIpc) is 2.83. The van der Waals surface area contributed by atoms with E-state index >= 15 is 0 Å². The van der Waals surface area contributed by atoms with Gasteiger partial charge >= 0.3 is 0 Å². The lowest BCUT2D eigenvalue weighted by Crippen LogP contribution is -2.19. The predicted molar refractivity (Wildman–Crippen MR) is 98.8 cm³/mol. The van der Waals surface area contributed by atoms with E-state index in [9.17, 15) is 4.79 Å². The Morgan fingerprint density at radius 3 is 2.33 bits per heavy atom. The molecule has 3 rings (SSSR count). The maximum absolute atomic E-state index is 12.8. The normalized spacial score (nSPS) is 11.3. The minimum absolute atomic E-state index is 0.109. The predicted octanol–water partition coefficient (Wildman–Crippen LogP) is 3.80. The molecule has 2 aromatic carbocycles. The Labute approximate surface area is 141 Å². The molecule has 1 heterocycles. The first-order chi connectivity index (χ1) is 11.6. The fraction of sp³-hybridized carbons (Fsp3) is 0.200. The van der Waals surface area contributed by atoms with Crippen LogP contribution < -0.4 is 5.56 Å². The third kappa shape index (κ3) is 2.95. The van der Waals surface area contributed by atoms with Crippen LogP contribution in [0.15, 0.2) is 64.4 Å². The summed E-state index contributed by atoms with van der Waals surface area (Å²) >= 11 is 0. The number of nitrogens with zero attached hydrogens (tertiary/aromatic N) is 3. The molecule has 0 N–H and O–H groups in total. The Morgan fingerprint density at radius 1 is 1.04 bits per heavy atom. The van der Waals surface area contributed by atoms with Gasteiger partial charge in [-0.15, -0.1) is 0 Å². The second kappa shape index (κ2) is 6.71. The number of para-hydroxylation sites is 1. The summed E-state index contributed by atoms with van der Waals surface area (Å²) in [7, 11) is 1.87. The van der Waals surface area contributed by atoms with Crippen molar-refractivity contribution < 1.29 is 0 Å². The molecule has 4 nitrogen and oxygen atoms in total. The van der Waals surface area contributed by atoms with Crippen molar-refractivity contribution in [2.45, 2.75) is 20.3 Å². The highest BCUT2D eigenvalue weighted by atomic mass is 16.1. The third-order valence-corrected chi connectivity index (χ3v) is 4.25. The fourth-order valence-electron chi connectivity index (χ4n) is 2.68. The summed E-state index contributed by atoms with van der Waals surface area (Å²) in [5.41, 5.74) is 4.31. The largest absolute Gasteiger partial charge is 0.297 e. The van der Waals surface area contributed by atoms with Crippen molar-refractivity contribution >= 4 is 11.9 Å². The molecule has 0 bridgehead atoms. The van der Waals surface area contributed by atoms with Crippen LogP contribution in [0, 0.1) is 6.92 Å². The van der Waals surface area contributed by atoms with Crippen molar-refractivity contribution in [2.24, 2.45) is 12.0 Å². The molecule has 0 atom stereocenters. The standard InChI is InChI=1S/C20H21N3O/c1-4-16-10-12-17(13-11-16)14-21-19-15(2)22(3)23(20(19)24)18-8-6-5-7-9-18/h5-14H,4H2,1-3H3. The first-order valence-electron chi connectivity index (χ1n) is 8.09. The highest BCUT2D eigenvalue weighted by molar-refractivity contribution is 5.82. The van der Waals surface area contributed by atoms with Gasteiger partial charge in [0.15, 0.2) is 5.69 Å². The average molecular weight is 319 g/mol. The minimum atomic E-state index is -0.109. The van der Waals surface area contributed by atoms with Gasteiger partial charge in [-0.2, -0.15) is 0 Å². The van der Waals surface area contributed by atoms with Gasteiger partial charge in [-0.1, -0.05) is 49.4 Å². The maximum Gasteiger partial charge on any atom is 0.297 e. The molecule has 0 spiro atoms. The molecular weight excluding hydrogens is 298 g/mol. The zero-order valence-corrected chi connectivity index (χ0v) is 14.2. The lowest BCUT2D eigenvalue weighted by molar-refractivity contribution is 0.630. The molecule has 0 fully saturated rings. The van der Waals surface area contributed by atoms with E-state index in [1.54, 1.807) is 10.9 Å². The van der Waals surface area contributed by atoms with Gasteiger partial charge in [-0.25, -0.2) is 9.67 Å². The van der Waals surface area contributed by atoms with Gasteiger partial charge < -0.3 is 0 Å². The Bertz CT molecular complexity index is 916. The topological polar surface area (TPSA) is 39.3 Å². The van der Waals surface area contributed by atoms with Gasteiger partial charge in [-0.3, -0.25) is 9.48 Å². The summed E-state index contributed by atoms with van der Waals surface area (Å²) in [4.78, 5) is 17.2. The lowest BCUT2D eigenvalue weighted by Gasteiger charge is -2.07. The van der Waals surface area contributed by atoms with E-state index in [1.807, 2.05) is 61.1 Å². The maximum atomic E-state index is 12.8. The molecule has 0 aliphatic carbocycles. The molecule has 0 aliphatic heterocycles. The molecule has 0 saturated heterocycles. The SMILES string of the molecule is CCc1ccc(C=Nc2c(C)n(C)n(-c3ccccc3)c2=O)cc1. The van der Waals surface area contributed by atoms with Crippen molar-refractivity contribution in [1.82, 2.24) is 9.36 Å². The van der Waals surface area contributed by atoms with Crippen molar-refractivity contribution in [3.63, 3.8) is 0 Å². The summed E-state index contributed by atoms with van der Waals surface area (Å²) in [5.74, 6) is 0. The highest BCUT2D eigenvalue weighted by Gasteiger charge is 2.14. The van der Waals surface area contributed by atoms with Crippen molar-refractivity contribution in [2.75, 3.05) is 0 Å². The first kappa shape index (κ1) is 16.0. The van der Waals surface area contributed by atoms with Crippen molar-refractivity contribution in [3.05, 3.63) is 81.8 Å². The van der Waals surface area contributed by atoms with Crippen LogP contribution in [0.2, 0.25) is 0 Å². The van der Waals surface area contributed by atoms with Crippen LogP contribution in [0.5, 0.6) is 0 Å². The van der Waals surface area contributed by atoms with Crippen LogP contribution in [-0.2, 0) is 13.5 Å². The Morgan fingerprint density at radius 2 is 1.71 bits per heavy atom. The first-order valence-corrected chi connectivity index (χ1v) is 8.09. The highest BCUT2D eigenvalue weighted by Crippen LogP contribution is 2.16. The Hall–Kier alpha value is -2.88. The summed E-state index contributed by atoms with van der Waals surface area (Å²) in [6.07, 6.45) is 2.76. The molecule has 24 heavy (non-hydrogen) atoms. The van der Waals surface area contributed by atoms with E-state index in [0.29, 0.717) is 5.69 Å². The van der Waals surface area contributed by atoms with Gasteiger partial charge in [0.05, 0.1) is 11.4 Å². The second-order valence-corrected chi connectivity index (χ2v) is 5.76. The number of hydrogen-bond acceptors (Lipinski definition) is 2. The molecule has 1 aromatic heterocycles. The second-order valence-electron chi connectivity index (χ2n) is 5.76. The van der Waals surface area contributed by atoms with E-state index in [1.165, 1.54) is 5.56 Å². The van der Waals surface area contributed by atoms with Crippen LogP contribution in [0.1, 0.15) is 23.7 Å². The number of aryl methyl sites for hydroxylation is 1. The summed E-state index contributed by atoms with van der Waals surface area (Å²) < 4.78 is 3.48. The van der Waals surface area contributed by atoms with Crippen LogP contribution in [0.4, 0.5) is 5.69 Å². The van der Waals surface area contributed by atoms with Gasteiger partial charge in [0, 0.05) is 13.3 Å². The summed E-state index contributed by atoms with van der Waals surface area (Å²) in [6.45, 7) is 4.04. The Balaban J connectivity index is 2.00. The molecular formula is C20H21N3O. The smallest absolute Gasteiger partial charge is 0.283 e. The summed E-state index contributed by atoms with van der Waals surface area (Å²) in [6, 6.07) is 17.8. The van der Waals surface area contributed by atoms with Crippen LogP contribution in [-0.4, -0.2) is 15.6 Å². The van der Waals surface area contributed by atoms with Crippen LogP contribution in [0.3, 0.4) is 0 Å². The van der Waals surface area contributed by atoms with E-state index < -0.39 is 0 Å². The quantitative estimate of drug-likeness (QED) is 0.674. The lowest BCUT2D eigenvalue weighted by atomic mass is 10.1. The molecule has 0 saturated carbocycles. The number of aromatic nitrogens is 2. The molecule has 0 aliphatic rings. The summed E-state index contributed by atoms with van der Waals surface area (Å²) in [5, 5.41) is 0. The zero-order chi connectivity index (χ0) is 17.1. The van der Waals surface area contributed by atoms with E-state index in [4.69, 9.17) is 0 Å². The zero-order valence-electron chi connectivity index (χ0n) is 14.2. The van der Waals surface area contributed by atoms with Gasteiger partial charge in [0.25, 0.3) is 5.56 Å². The van der Waals surface area contributed by atoms with E-state index in [-0.39, 0.29) is 5.56 Å². The third-order valence-electron chi connectivity index (χ3n) is 4.25. The fourth-order valence-corrected chi connectivity index (χ4v) is 2.68. The van der Waals surface area contributed by atoms with E-state index in [0.717, 1.165) is 23.4 Å². The van der Waals surface area contributed by atoms with Crippen LogP contribution >= 0.6 is 0 Å². The van der Waals surface area contributed by atoms with Gasteiger partial charge in [-0.05, 0) is 36.6 Å². The molecule has 3 aromatic rings. The molecule has 0 radical (unpaired) electrons. The van der Waals surface area contributed by atoms with Crippen LogP contribution in [0.25, 0.3) is 5.69 Å². The van der Waals surface area contributed by atoms with Gasteiger partial charge in [0.2, 0.25) is 0 Å². The number of rotatable bonds is 4. The number of hydrogen-bond donors (Lipinski definition) is 0. The van der Waals surface area contributed by atoms with Crippen molar-refractivity contribution in [1.29, 1.82) is 0 Å². The van der Waals surface area contributed by atoms with E-state index in [2.05, 4.69) is 24.0 Å².